The fraction of sp³-hybridized carbons (Fsp3) is 0.500. The molecule has 1 N–H and O–H groups in total. The molecule has 2 fully saturated rings. The van der Waals surface area contributed by atoms with Crippen LogP contribution in [0.25, 0.3) is 0 Å². The van der Waals surface area contributed by atoms with E-state index in [1.165, 1.54) is 5.69 Å². The molecular weight excluding hydrogens is 380 g/mol. The molecular formula is C22H30N6O2. The Morgan fingerprint density at radius 2 is 1.97 bits per heavy atom. The summed E-state index contributed by atoms with van der Waals surface area (Å²) in [7, 11) is 3.54. The molecule has 0 spiro atoms. The Morgan fingerprint density at radius 3 is 2.77 bits per heavy atom. The Balaban J connectivity index is 1.46. The summed E-state index contributed by atoms with van der Waals surface area (Å²) >= 11 is 0. The van der Waals surface area contributed by atoms with Crippen LogP contribution in [0.4, 0.5) is 17.3 Å². The normalized spacial score (nSPS) is 19.5. The molecule has 1 atom stereocenters. The van der Waals surface area contributed by atoms with Crippen molar-refractivity contribution in [3.63, 3.8) is 0 Å². The van der Waals surface area contributed by atoms with Gasteiger partial charge < -0.3 is 24.8 Å². The fourth-order valence-electron chi connectivity index (χ4n) is 4.07. The third-order valence-corrected chi connectivity index (χ3v) is 5.62. The monoisotopic (exact) mass is 410 g/mol. The first-order valence-corrected chi connectivity index (χ1v) is 10.6. The molecule has 2 aromatic heterocycles. The number of aromatic nitrogens is 2. The van der Waals surface area contributed by atoms with E-state index in [1.807, 2.05) is 18.3 Å². The number of morpholine rings is 1. The van der Waals surface area contributed by atoms with Crippen molar-refractivity contribution in [2.24, 2.45) is 0 Å². The van der Waals surface area contributed by atoms with E-state index in [0.717, 1.165) is 63.9 Å². The van der Waals surface area contributed by atoms with Gasteiger partial charge in [-0.05, 0) is 31.0 Å². The number of pyridine rings is 2. The van der Waals surface area contributed by atoms with E-state index in [1.54, 1.807) is 25.2 Å². The molecule has 4 heterocycles. The van der Waals surface area contributed by atoms with E-state index in [-0.39, 0.29) is 11.9 Å². The van der Waals surface area contributed by atoms with Gasteiger partial charge in [0.2, 0.25) is 0 Å². The molecule has 4 rings (SSSR count). The number of ether oxygens (including phenoxy) is 1. The number of nitrogens with one attached hydrogen (secondary N) is 1. The summed E-state index contributed by atoms with van der Waals surface area (Å²) in [6.07, 6.45) is 5.71. The number of carbonyl (C=O) groups excluding carboxylic acids is 1. The molecule has 8 nitrogen and oxygen atoms in total. The molecule has 0 unspecified atom stereocenters. The Hall–Kier alpha value is -2.87. The predicted octanol–water partition coefficient (Wildman–Crippen LogP) is 2.10. The lowest BCUT2D eigenvalue weighted by atomic mass is 10.0. The van der Waals surface area contributed by atoms with Crippen LogP contribution >= 0.6 is 0 Å². The van der Waals surface area contributed by atoms with Crippen LogP contribution in [0, 0.1) is 0 Å². The van der Waals surface area contributed by atoms with E-state index in [2.05, 4.69) is 37.2 Å². The van der Waals surface area contributed by atoms with Crippen molar-refractivity contribution in [3.8, 4) is 0 Å². The van der Waals surface area contributed by atoms with Crippen molar-refractivity contribution in [1.29, 1.82) is 0 Å². The van der Waals surface area contributed by atoms with Crippen LogP contribution in [0.15, 0.2) is 36.7 Å². The predicted molar refractivity (Wildman–Crippen MR) is 118 cm³/mol. The topological polar surface area (TPSA) is 73.8 Å². The van der Waals surface area contributed by atoms with Gasteiger partial charge in [-0.3, -0.25) is 4.79 Å². The molecule has 8 heteroatoms. The van der Waals surface area contributed by atoms with Crippen LogP contribution in [-0.2, 0) is 4.74 Å². The molecule has 0 bridgehead atoms. The zero-order valence-corrected chi connectivity index (χ0v) is 17.8. The zero-order valence-electron chi connectivity index (χ0n) is 17.8. The average Bonchev–Trinajstić information content (AvgIpc) is 2.79. The molecule has 2 saturated heterocycles. The van der Waals surface area contributed by atoms with Gasteiger partial charge >= 0.3 is 0 Å². The maximum atomic E-state index is 12.6. The Labute approximate surface area is 177 Å². The maximum absolute atomic E-state index is 12.6. The number of anilines is 3. The summed E-state index contributed by atoms with van der Waals surface area (Å²) in [5, 5.41) is 3.60. The minimum Gasteiger partial charge on any atom is -0.378 e. The Bertz CT molecular complexity index is 868. The van der Waals surface area contributed by atoms with E-state index >= 15 is 0 Å². The first-order chi connectivity index (χ1) is 14.6. The second-order valence-corrected chi connectivity index (χ2v) is 8.00. The van der Waals surface area contributed by atoms with Gasteiger partial charge in [0.05, 0.1) is 18.8 Å². The van der Waals surface area contributed by atoms with Gasteiger partial charge in [-0.2, -0.15) is 0 Å². The smallest absolute Gasteiger partial charge is 0.257 e. The molecule has 30 heavy (non-hydrogen) atoms. The largest absolute Gasteiger partial charge is 0.378 e. The highest BCUT2D eigenvalue weighted by molar-refractivity contribution is 5.98. The summed E-state index contributed by atoms with van der Waals surface area (Å²) in [6.45, 7) is 5.02. The van der Waals surface area contributed by atoms with Gasteiger partial charge in [-0.1, -0.05) is 0 Å². The minimum atomic E-state index is -0.0203. The highest BCUT2D eigenvalue weighted by Crippen LogP contribution is 2.25. The van der Waals surface area contributed by atoms with Crippen molar-refractivity contribution in [2.45, 2.75) is 18.9 Å². The van der Waals surface area contributed by atoms with Crippen LogP contribution in [0.3, 0.4) is 0 Å². The second-order valence-electron chi connectivity index (χ2n) is 8.00. The summed E-state index contributed by atoms with van der Waals surface area (Å²) in [6, 6.07) is 8.09. The lowest BCUT2D eigenvalue weighted by Crippen LogP contribution is -2.43. The number of nitrogens with zero attached hydrogens (tertiary/aromatic N) is 5. The standard InChI is InChI=1S/C22H30N6O2/c1-26(2)22(29)19-6-3-8-24-21(19)28-10-4-5-17(16-28)25-20-15-18(7-9-23-20)27-11-13-30-14-12-27/h3,6-9,15,17H,4-5,10-14,16H2,1-2H3,(H,23,25)/t17-/m1/s1. The van der Waals surface area contributed by atoms with Crippen molar-refractivity contribution in [1.82, 2.24) is 14.9 Å². The van der Waals surface area contributed by atoms with Crippen LogP contribution < -0.4 is 15.1 Å². The third kappa shape index (κ3) is 4.64. The molecule has 2 aliphatic rings. The summed E-state index contributed by atoms with van der Waals surface area (Å²) in [5.41, 5.74) is 1.82. The van der Waals surface area contributed by atoms with E-state index in [0.29, 0.717) is 5.56 Å². The molecule has 160 valence electrons. The lowest BCUT2D eigenvalue weighted by Gasteiger charge is -2.35. The molecule has 2 aromatic rings. The van der Waals surface area contributed by atoms with E-state index in [9.17, 15) is 4.79 Å². The van der Waals surface area contributed by atoms with Gasteiger partial charge in [0.25, 0.3) is 5.91 Å². The average molecular weight is 411 g/mol. The molecule has 0 radical (unpaired) electrons. The number of hydrogen-bond acceptors (Lipinski definition) is 7. The zero-order chi connectivity index (χ0) is 20.9. The summed E-state index contributed by atoms with van der Waals surface area (Å²) < 4.78 is 5.46. The lowest BCUT2D eigenvalue weighted by molar-refractivity contribution is 0.0827. The maximum Gasteiger partial charge on any atom is 0.257 e. The van der Waals surface area contributed by atoms with Crippen molar-refractivity contribution in [2.75, 3.05) is 68.6 Å². The first kappa shape index (κ1) is 20.4. The number of amides is 1. The summed E-state index contributed by atoms with van der Waals surface area (Å²) in [5.74, 6) is 1.63. The van der Waals surface area contributed by atoms with Gasteiger partial charge in [0, 0.05) is 70.5 Å². The number of carbonyl (C=O) groups is 1. The fourth-order valence-corrected chi connectivity index (χ4v) is 4.07. The van der Waals surface area contributed by atoms with Crippen molar-refractivity contribution in [3.05, 3.63) is 42.2 Å². The van der Waals surface area contributed by atoms with Crippen LogP contribution in [0.5, 0.6) is 0 Å². The highest BCUT2D eigenvalue weighted by Gasteiger charge is 2.25. The molecule has 0 aliphatic carbocycles. The number of piperidine rings is 1. The molecule has 0 aromatic carbocycles. The van der Waals surface area contributed by atoms with E-state index < -0.39 is 0 Å². The van der Waals surface area contributed by atoms with Gasteiger partial charge in [0.1, 0.15) is 11.6 Å². The second kappa shape index (κ2) is 9.30. The van der Waals surface area contributed by atoms with Gasteiger partial charge in [-0.15, -0.1) is 0 Å². The number of rotatable bonds is 5. The van der Waals surface area contributed by atoms with Gasteiger partial charge in [-0.25, -0.2) is 9.97 Å². The Kier molecular flexibility index (Phi) is 6.32. The van der Waals surface area contributed by atoms with Crippen molar-refractivity contribution < 1.29 is 9.53 Å². The highest BCUT2D eigenvalue weighted by atomic mass is 16.5. The van der Waals surface area contributed by atoms with Crippen LogP contribution in [-0.4, -0.2) is 80.3 Å². The first-order valence-electron chi connectivity index (χ1n) is 10.6. The molecule has 2 aliphatic heterocycles. The Morgan fingerprint density at radius 1 is 1.13 bits per heavy atom. The SMILES string of the molecule is CN(C)C(=O)c1cccnc1N1CCC[C@@H](Nc2cc(N3CCOCC3)ccn2)C1. The van der Waals surface area contributed by atoms with E-state index in [4.69, 9.17) is 4.74 Å². The third-order valence-electron chi connectivity index (χ3n) is 5.62. The van der Waals surface area contributed by atoms with Crippen molar-refractivity contribution >= 4 is 23.2 Å². The quantitative estimate of drug-likeness (QED) is 0.809. The molecule has 0 saturated carbocycles. The minimum absolute atomic E-state index is 0.0203. The van der Waals surface area contributed by atoms with Crippen LogP contribution in [0.1, 0.15) is 23.2 Å². The summed E-state index contributed by atoms with van der Waals surface area (Å²) in [4.78, 5) is 27.8. The van der Waals surface area contributed by atoms with Crippen LogP contribution in [0.2, 0.25) is 0 Å². The number of hydrogen-bond donors (Lipinski definition) is 1. The van der Waals surface area contributed by atoms with Gasteiger partial charge in [0.15, 0.2) is 0 Å². The molecule has 1 amide bonds.